The second-order valence-electron chi connectivity index (χ2n) is 5.45. The van der Waals surface area contributed by atoms with Gasteiger partial charge in [0.2, 0.25) is 0 Å². The van der Waals surface area contributed by atoms with Crippen LogP contribution in [0, 0.1) is 0 Å². The van der Waals surface area contributed by atoms with Crippen LogP contribution in [0.3, 0.4) is 0 Å². The smallest absolute Gasteiger partial charge is 0.138 e. The molecule has 0 bridgehead atoms. The Balaban J connectivity index is 0.00000116. The van der Waals surface area contributed by atoms with Gasteiger partial charge in [0, 0.05) is 37.7 Å². The third-order valence-electron chi connectivity index (χ3n) is 4.12. The summed E-state index contributed by atoms with van der Waals surface area (Å²) < 4.78 is 0. The molecule has 1 atom stereocenters. The number of piperazine rings is 1. The summed E-state index contributed by atoms with van der Waals surface area (Å²) in [6.45, 7) is 14.1. The molecule has 1 fully saturated rings. The number of Topliss-reactive ketones (excluding diaryl/α,β-unsaturated/α-hetero) is 1. The number of ketones is 1. The Kier molecular flexibility index (Phi) is 8.69. The fourth-order valence-electron chi connectivity index (χ4n) is 2.71. The first-order valence-corrected chi connectivity index (χ1v) is 8.68. The molecule has 1 saturated heterocycles. The second kappa shape index (κ2) is 9.98. The number of hydrogen-bond donors (Lipinski definition) is 0. The molecule has 4 heteroatoms. The first kappa shape index (κ1) is 19.1. The van der Waals surface area contributed by atoms with Gasteiger partial charge in [-0.15, -0.1) is 0 Å². The molecule has 1 aromatic carbocycles. The van der Waals surface area contributed by atoms with E-state index in [4.69, 9.17) is 11.6 Å². The highest BCUT2D eigenvalue weighted by Crippen LogP contribution is 2.21. The lowest BCUT2D eigenvalue weighted by molar-refractivity contribution is -0.119. The quantitative estimate of drug-likeness (QED) is 0.825. The Morgan fingerprint density at radius 2 is 1.59 bits per heavy atom. The lowest BCUT2D eigenvalue weighted by Crippen LogP contribution is -2.47. The fraction of sp³-hybridized carbons (Fsp3) is 0.611. The van der Waals surface area contributed by atoms with Gasteiger partial charge in [-0.25, -0.2) is 0 Å². The van der Waals surface area contributed by atoms with E-state index < -0.39 is 0 Å². The van der Waals surface area contributed by atoms with Crippen LogP contribution in [-0.2, 0) is 4.79 Å². The van der Waals surface area contributed by atoms with E-state index in [1.165, 1.54) is 0 Å². The normalized spacial score (nSPS) is 17.5. The molecule has 0 saturated carbocycles. The molecule has 0 amide bonds. The molecule has 2 rings (SSSR count). The first-order chi connectivity index (χ1) is 10.6. The van der Waals surface area contributed by atoms with Gasteiger partial charge in [0.05, 0.1) is 5.92 Å². The monoisotopic (exact) mass is 324 g/mol. The Bertz CT molecular complexity index is 439. The summed E-state index contributed by atoms with van der Waals surface area (Å²) in [5.41, 5.74) is 1.07. The minimum atomic E-state index is -0.0413. The minimum absolute atomic E-state index is 0.0413. The maximum atomic E-state index is 12.0. The van der Waals surface area contributed by atoms with E-state index in [0.29, 0.717) is 5.02 Å². The summed E-state index contributed by atoms with van der Waals surface area (Å²) in [6.07, 6.45) is 0. The fourth-order valence-corrected chi connectivity index (χ4v) is 2.84. The van der Waals surface area contributed by atoms with Gasteiger partial charge < -0.3 is 4.90 Å². The van der Waals surface area contributed by atoms with Crippen molar-refractivity contribution in [2.45, 2.75) is 33.6 Å². The van der Waals surface area contributed by atoms with Gasteiger partial charge in [-0.2, -0.15) is 0 Å². The summed E-state index contributed by atoms with van der Waals surface area (Å²) in [5, 5.41) is 0.715. The molecule has 1 unspecified atom stereocenters. The molecule has 1 heterocycles. The average Bonchev–Trinajstić information content (AvgIpc) is 2.56. The Morgan fingerprint density at radius 1 is 1.09 bits per heavy atom. The zero-order valence-electron chi connectivity index (χ0n) is 14.3. The number of carbonyl (C=O) groups excluding carboxylic acids is 1. The number of carbonyl (C=O) groups is 1. The van der Waals surface area contributed by atoms with Crippen molar-refractivity contribution in [2.24, 2.45) is 0 Å². The van der Waals surface area contributed by atoms with Crippen molar-refractivity contribution in [3.63, 3.8) is 0 Å². The van der Waals surface area contributed by atoms with E-state index in [2.05, 4.69) is 16.7 Å². The Labute approximate surface area is 140 Å². The lowest BCUT2D eigenvalue weighted by atomic mass is 9.94. The summed E-state index contributed by atoms with van der Waals surface area (Å²) in [7, 11) is 0. The van der Waals surface area contributed by atoms with Crippen LogP contribution in [-0.4, -0.2) is 54.9 Å². The molecule has 0 aliphatic carbocycles. The molecule has 3 nitrogen and oxygen atoms in total. The van der Waals surface area contributed by atoms with Crippen LogP contribution in [0.5, 0.6) is 0 Å². The molecule has 1 aromatic rings. The van der Waals surface area contributed by atoms with Crippen LogP contribution in [0.25, 0.3) is 0 Å². The van der Waals surface area contributed by atoms with E-state index in [0.717, 1.165) is 44.8 Å². The minimum Gasteiger partial charge on any atom is -0.301 e. The topological polar surface area (TPSA) is 23.6 Å². The maximum absolute atomic E-state index is 12.0. The molecule has 1 aliphatic heterocycles. The van der Waals surface area contributed by atoms with Gasteiger partial charge in [-0.1, -0.05) is 44.5 Å². The molecule has 22 heavy (non-hydrogen) atoms. The predicted molar refractivity (Wildman–Crippen MR) is 94.8 cm³/mol. The van der Waals surface area contributed by atoms with Gasteiger partial charge in [-0.3, -0.25) is 9.69 Å². The first-order valence-electron chi connectivity index (χ1n) is 8.30. The van der Waals surface area contributed by atoms with Gasteiger partial charge in [0.25, 0.3) is 0 Å². The van der Waals surface area contributed by atoms with Crippen molar-refractivity contribution in [3.8, 4) is 0 Å². The zero-order chi connectivity index (χ0) is 16.5. The number of hydrogen-bond acceptors (Lipinski definition) is 3. The molecule has 0 radical (unpaired) electrons. The van der Waals surface area contributed by atoms with Crippen LogP contribution in [0.4, 0.5) is 0 Å². The van der Waals surface area contributed by atoms with Crippen LogP contribution in [0.2, 0.25) is 5.02 Å². The number of rotatable bonds is 5. The van der Waals surface area contributed by atoms with E-state index in [-0.39, 0.29) is 11.7 Å². The van der Waals surface area contributed by atoms with Crippen LogP contribution >= 0.6 is 11.6 Å². The highest BCUT2D eigenvalue weighted by molar-refractivity contribution is 6.30. The van der Waals surface area contributed by atoms with Gasteiger partial charge >= 0.3 is 0 Å². The van der Waals surface area contributed by atoms with Crippen molar-refractivity contribution in [1.29, 1.82) is 0 Å². The number of halogens is 1. The molecule has 0 N–H and O–H groups in total. The largest absolute Gasteiger partial charge is 0.301 e. The van der Waals surface area contributed by atoms with Crippen LogP contribution in [0.1, 0.15) is 39.2 Å². The van der Waals surface area contributed by atoms with E-state index in [9.17, 15) is 4.79 Å². The van der Waals surface area contributed by atoms with Crippen LogP contribution in [0.15, 0.2) is 24.3 Å². The maximum Gasteiger partial charge on any atom is 0.138 e. The Morgan fingerprint density at radius 3 is 2.05 bits per heavy atom. The molecule has 0 aromatic heterocycles. The summed E-state index contributed by atoms with van der Waals surface area (Å²) in [6, 6.07) is 7.66. The van der Waals surface area contributed by atoms with Crippen LogP contribution < -0.4 is 0 Å². The molecular formula is C18H29ClN2O. The van der Waals surface area contributed by atoms with E-state index in [1.54, 1.807) is 6.92 Å². The number of nitrogens with zero attached hydrogens (tertiary/aromatic N) is 2. The Hall–Kier alpha value is -0.900. The molecule has 124 valence electrons. The molecule has 1 aliphatic rings. The highest BCUT2D eigenvalue weighted by Gasteiger charge is 2.23. The van der Waals surface area contributed by atoms with Crippen molar-refractivity contribution in [2.75, 3.05) is 39.3 Å². The summed E-state index contributed by atoms with van der Waals surface area (Å²) in [5.74, 6) is 0.186. The van der Waals surface area contributed by atoms with Crippen molar-refractivity contribution in [3.05, 3.63) is 34.9 Å². The van der Waals surface area contributed by atoms with Gasteiger partial charge in [-0.05, 0) is 31.2 Å². The molecular weight excluding hydrogens is 296 g/mol. The molecule has 0 spiro atoms. The highest BCUT2D eigenvalue weighted by atomic mass is 35.5. The van der Waals surface area contributed by atoms with E-state index >= 15 is 0 Å². The summed E-state index contributed by atoms with van der Waals surface area (Å²) >= 11 is 5.92. The van der Waals surface area contributed by atoms with Gasteiger partial charge in [0.1, 0.15) is 5.78 Å². The van der Waals surface area contributed by atoms with Crippen molar-refractivity contribution >= 4 is 17.4 Å². The number of likely N-dealkylation sites (N-methyl/N-ethyl adjacent to an activating group) is 1. The van der Waals surface area contributed by atoms with Gasteiger partial charge in [0.15, 0.2) is 0 Å². The number of benzene rings is 1. The third-order valence-corrected chi connectivity index (χ3v) is 4.37. The van der Waals surface area contributed by atoms with Crippen molar-refractivity contribution < 1.29 is 4.79 Å². The SMILES string of the molecule is CC.CCN1CCN(CC(C(C)=O)c2ccc(Cl)cc2)CC1. The zero-order valence-corrected chi connectivity index (χ0v) is 15.1. The standard InChI is InChI=1S/C16H23ClN2O.C2H6/c1-3-18-8-10-19(11-9-18)12-16(13(2)20)14-4-6-15(17)7-5-14;1-2/h4-7,16H,3,8-12H2,1-2H3;1-2H3. The van der Waals surface area contributed by atoms with Crippen molar-refractivity contribution in [1.82, 2.24) is 9.80 Å². The lowest BCUT2D eigenvalue weighted by Gasteiger charge is -2.35. The average molecular weight is 325 g/mol. The summed E-state index contributed by atoms with van der Waals surface area (Å²) in [4.78, 5) is 16.8. The third kappa shape index (κ3) is 5.71. The predicted octanol–water partition coefficient (Wildman–Crippen LogP) is 3.68. The van der Waals surface area contributed by atoms with E-state index in [1.807, 2.05) is 38.1 Å². The second-order valence-corrected chi connectivity index (χ2v) is 5.89.